The van der Waals surface area contributed by atoms with E-state index in [4.69, 9.17) is 11.5 Å². The minimum atomic E-state index is -1.47. The largest absolute Gasteiger partial charge is 0.543 e. The third-order valence-corrected chi connectivity index (χ3v) is 6.87. The van der Waals surface area contributed by atoms with Gasteiger partial charge in [0.15, 0.2) is 0 Å². The second-order valence-electron chi connectivity index (χ2n) is 7.55. The Morgan fingerprint density at radius 3 is 2.53 bits per heavy atom. The number of hydrogen-bond donors (Lipinski definition) is 3. The number of carbonyl (C=O) groups is 4. The van der Waals surface area contributed by atoms with Crippen LogP contribution in [0.5, 0.6) is 0 Å². The quantitative estimate of drug-likeness (QED) is 0.331. The van der Waals surface area contributed by atoms with Crippen LogP contribution in [-0.4, -0.2) is 50.4 Å². The zero-order chi connectivity index (χ0) is 22.1. The minimum Gasteiger partial charge on any atom is -0.543 e. The third kappa shape index (κ3) is 2.64. The van der Waals surface area contributed by atoms with E-state index in [0.717, 1.165) is 11.3 Å². The van der Waals surface area contributed by atoms with Crippen LogP contribution >= 0.6 is 11.3 Å². The molecular formula is C18H19N5O6S. The molecular weight excluding hydrogens is 414 g/mol. The Kier molecular flexibility index (Phi) is 4.43. The van der Waals surface area contributed by atoms with E-state index in [1.54, 1.807) is 17.7 Å². The summed E-state index contributed by atoms with van der Waals surface area (Å²) in [5.74, 6) is -4.50. The molecule has 0 unspecified atom stereocenters. The Balaban J connectivity index is 1.74. The summed E-state index contributed by atoms with van der Waals surface area (Å²) >= 11 is 0.990. The molecule has 1 saturated heterocycles. The first-order valence-electron chi connectivity index (χ1n) is 9.13. The maximum Gasteiger partial charge on any atom is 0.290 e. The Morgan fingerprint density at radius 1 is 1.33 bits per heavy atom. The number of thiazole rings is 1. The van der Waals surface area contributed by atoms with Gasteiger partial charge < -0.3 is 31.4 Å². The van der Waals surface area contributed by atoms with Crippen LogP contribution in [0, 0.1) is 11.8 Å². The molecule has 158 valence electrons. The highest BCUT2D eigenvalue weighted by atomic mass is 32.1. The highest BCUT2D eigenvalue weighted by Gasteiger charge is 2.58. The number of aliphatic carboxylic acids is 1. The summed E-state index contributed by atoms with van der Waals surface area (Å²) < 4.78 is 3.05. The molecule has 2 aromatic heterocycles. The number of aliphatic hydroxyl groups is 1. The number of imidazole rings is 1. The number of amides is 3. The molecule has 5 N–H and O–H groups in total. The molecule has 4 heterocycles. The summed E-state index contributed by atoms with van der Waals surface area (Å²) in [5.41, 5.74) is 10.9. The number of fused-ring (bicyclic) bond motifs is 2. The fourth-order valence-corrected chi connectivity index (χ4v) is 5.50. The van der Waals surface area contributed by atoms with Crippen LogP contribution in [0.1, 0.15) is 34.0 Å². The van der Waals surface area contributed by atoms with E-state index < -0.39 is 41.8 Å². The molecule has 30 heavy (non-hydrogen) atoms. The summed E-state index contributed by atoms with van der Waals surface area (Å²) in [5, 5.41) is 21.7. The Labute approximate surface area is 173 Å². The van der Waals surface area contributed by atoms with Crippen LogP contribution in [0.25, 0.3) is 4.83 Å². The Bertz CT molecular complexity index is 1160. The van der Waals surface area contributed by atoms with Crippen molar-refractivity contribution >= 4 is 39.9 Å². The molecule has 11 nitrogen and oxygen atoms in total. The second kappa shape index (κ2) is 6.64. The molecule has 3 amide bonds. The van der Waals surface area contributed by atoms with Crippen molar-refractivity contribution in [2.24, 2.45) is 23.3 Å². The van der Waals surface area contributed by atoms with Crippen LogP contribution in [0.2, 0.25) is 0 Å². The molecule has 12 heteroatoms. The topological polar surface area (TPSA) is 176 Å². The third-order valence-electron chi connectivity index (χ3n) is 5.76. The average Bonchev–Trinajstić information content (AvgIpc) is 3.23. The maximum absolute atomic E-state index is 12.4. The Hall–Kier alpha value is -3.25. The van der Waals surface area contributed by atoms with Crippen molar-refractivity contribution in [3.63, 3.8) is 0 Å². The number of rotatable bonds is 6. The number of carboxylic acid groups (broad SMARTS) is 1. The van der Waals surface area contributed by atoms with Crippen molar-refractivity contribution in [1.82, 2.24) is 9.47 Å². The normalized spacial score (nSPS) is 24.2. The lowest BCUT2D eigenvalue weighted by Crippen LogP contribution is -2.64. The van der Waals surface area contributed by atoms with Gasteiger partial charge in [-0.1, -0.05) is 18.3 Å². The van der Waals surface area contributed by atoms with Gasteiger partial charge in [0, 0.05) is 11.5 Å². The first-order valence-corrected chi connectivity index (χ1v) is 9.95. The molecule has 0 aliphatic carbocycles. The van der Waals surface area contributed by atoms with Crippen molar-refractivity contribution in [1.29, 1.82) is 0 Å². The number of hydrogen-bond acceptors (Lipinski definition) is 7. The molecule has 4 atom stereocenters. The van der Waals surface area contributed by atoms with Crippen molar-refractivity contribution in [3.8, 4) is 0 Å². The Morgan fingerprint density at radius 2 is 2.00 bits per heavy atom. The van der Waals surface area contributed by atoms with E-state index in [-0.39, 0.29) is 28.7 Å². The molecule has 0 radical (unpaired) electrons. The van der Waals surface area contributed by atoms with Gasteiger partial charge in [-0.05, 0) is 6.92 Å². The van der Waals surface area contributed by atoms with Crippen LogP contribution in [0.15, 0.2) is 23.8 Å². The van der Waals surface area contributed by atoms with Crippen LogP contribution in [0.3, 0.4) is 0 Å². The number of aliphatic hydroxyl groups excluding tert-OH is 1. The van der Waals surface area contributed by atoms with Gasteiger partial charge in [-0.3, -0.25) is 14.4 Å². The summed E-state index contributed by atoms with van der Waals surface area (Å²) in [6.45, 7) is 3.40. The van der Waals surface area contributed by atoms with Crippen molar-refractivity contribution < 1.29 is 33.8 Å². The van der Waals surface area contributed by atoms with Gasteiger partial charge in [-0.2, -0.15) is 4.40 Å². The highest BCUT2D eigenvalue weighted by molar-refractivity contribution is 7.19. The lowest BCUT2D eigenvalue weighted by Gasteiger charge is -2.47. The van der Waals surface area contributed by atoms with Gasteiger partial charge >= 0.3 is 0 Å². The number of nitrogens with zero attached hydrogens (tertiary/aromatic N) is 3. The van der Waals surface area contributed by atoms with E-state index in [1.807, 2.05) is 0 Å². The standard InChI is InChI=1S/C18H19N5O6S/c1-6-8(12(18(28)29)23-11(6)10(7(2)24)17(23)27)3-21-4-9-22(5-21)13(15(19)25)14(30-9)16(20)26/h4-7,10-11,24H,3H2,1-2H3,(H4-,19,20,25,26,28,29)/t6-,7+,10+,11+/m0/s1. The van der Waals surface area contributed by atoms with Crippen molar-refractivity contribution in [2.45, 2.75) is 32.5 Å². The summed E-state index contributed by atoms with van der Waals surface area (Å²) in [4.78, 5) is 49.3. The molecule has 0 aromatic carbocycles. The smallest absolute Gasteiger partial charge is 0.290 e. The predicted octanol–water partition coefficient (Wildman–Crippen LogP) is -2.65. The molecule has 1 fully saturated rings. The van der Waals surface area contributed by atoms with Gasteiger partial charge in [0.2, 0.25) is 16.4 Å². The van der Waals surface area contributed by atoms with Gasteiger partial charge in [0.1, 0.15) is 17.6 Å². The number of carbonyl (C=O) groups excluding carboxylic acids is 4. The first kappa shape index (κ1) is 20.0. The van der Waals surface area contributed by atoms with Gasteiger partial charge in [0.05, 0.1) is 29.7 Å². The number of aromatic nitrogens is 2. The van der Waals surface area contributed by atoms with Gasteiger partial charge in [-0.15, -0.1) is 0 Å². The lowest BCUT2D eigenvalue weighted by molar-refractivity contribution is -0.510. The van der Waals surface area contributed by atoms with Crippen LogP contribution < -0.4 is 21.0 Å². The van der Waals surface area contributed by atoms with E-state index in [1.165, 1.54) is 22.6 Å². The van der Waals surface area contributed by atoms with E-state index in [0.29, 0.717) is 10.4 Å². The predicted molar refractivity (Wildman–Crippen MR) is 99.5 cm³/mol. The SMILES string of the molecule is C[C@@H](O)[C@H]1C(=O)N2C(C(=O)[O-])=C(Cn3cc4sc(C(N)=O)c(C(N)=O)[n+]4c3)[C@H](C)[C@H]12. The molecule has 0 spiro atoms. The molecule has 4 rings (SSSR count). The highest BCUT2D eigenvalue weighted by Crippen LogP contribution is 2.47. The lowest BCUT2D eigenvalue weighted by atomic mass is 9.78. The number of carboxylic acids is 1. The summed E-state index contributed by atoms with van der Waals surface area (Å²) in [6.07, 6.45) is 2.23. The zero-order valence-corrected chi connectivity index (χ0v) is 16.9. The van der Waals surface area contributed by atoms with Crippen LogP contribution in [0.4, 0.5) is 0 Å². The molecule has 2 aliphatic heterocycles. The second-order valence-corrected chi connectivity index (χ2v) is 8.58. The average molecular weight is 433 g/mol. The fourth-order valence-electron chi connectivity index (χ4n) is 4.47. The number of primary amides is 2. The minimum absolute atomic E-state index is 0.0306. The number of β-lactam (4-membered cyclic amide) rings is 1. The fraction of sp³-hybridized carbons (Fsp3) is 0.389. The van der Waals surface area contributed by atoms with E-state index in [9.17, 15) is 29.4 Å². The van der Waals surface area contributed by atoms with Crippen LogP contribution in [-0.2, 0) is 16.1 Å². The van der Waals surface area contributed by atoms with Gasteiger partial charge in [0.25, 0.3) is 18.1 Å². The monoisotopic (exact) mass is 433 g/mol. The number of nitrogens with two attached hydrogens (primary N) is 2. The first-order chi connectivity index (χ1) is 14.0. The van der Waals surface area contributed by atoms with Crippen molar-refractivity contribution in [3.05, 3.63) is 34.4 Å². The van der Waals surface area contributed by atoms with Crippen molar-refractivity contribution in [2.75, 3.05) is 0 Å². The zero-order valence-electron chi connectivity index (χ0n) is 16.1. The molecule has 2 aliphatic rings. The summed E-state index contributed by atoms with van der Waals surface area (Å²) in [7, 11) is 0. The molecule has 0 saturated carbocycles. The van der Waals surface area contributed by atoms with E-state index >= 15 is 0 Å². The maximum atomic E-state index is 12.4. The molecule has 0 bridgehead atoms. The van der Waals surface area contributed by atoms with Gasteiger partial charge in [-0.25, -0.2) is 4.57 Å². The summed E-state index contributed by atoms with van der Waals surface area (Å²) in [6, 6.07) is -0.452. The molecule has 2 aromatic rings. The van der Waals surface area contributed by atoms with E-state index in [2.05, 4.69) is 0 Å².